The number of hydrogen-bond acceptors (Lipinski definition) is 4. The van der Waals surface area contributed by atoms with Gasteiger partial charge in [-0.1, -0.05) is 18.9 Å². The Morgan fingerprint density at radius 1 is 1.35 bits per heavy atom. The number of alkyl halides is 3. The minimum atomic E-state index is -4.41. The molecule has 5 nitrogen and oxygen atoms in total. The van der Waals surface area contributed by atoms with Gasteiger partial charge in [0.05, 0.1) is 12.0 Å². The van der Waals surface area contributed by atoms with Gasteiger partial charge in [-0.2, -0.15) is 13.2 Å². The van der Waals surface area contributed by atoms with Gasteiger partial charge in [-0.25, -0.2) is 4.98 Å². The molecule has 0 atom stereocenters. The van der Waals surface area contributed by atoms with Crippen LogP contribution in [0, 0.1) is 0 Å². The van der Waals surface area contributed by atoms with Gasteiger partial charge in [-0.3, -0.25) is 4.79 Å². The highest BCUT2D eigenvalue weighted by Gasteiger charge is 2.33. The van der Waals surface area contributed by atoms with Crippen molar-refractivity contribution in [3.05, 3.63) is 23.9 Å². The maximum Gasteiger partial charge on any atom is 0.422 e. The summed E-state index contributed by atoms with van der Waals surface area (Å²) in [5.74, 6) is -0.385. The number of ether oxygens (including phenoxy) is 1. The molecule has 2 rings (SSSR count). The molecule has 0 radical (unpaired) electrons. The lowest BCUT2D eigenvalue weighted by Gasteiger charge is -2.21. The molecule has 1 aliphatic rings. The Hall–Kier alpha value is -1.83. The summed E-state index contributed by atoms with van der Waals surface area (Å²) in [6.07, 6.45) is 0.110. The van der Waals surface area contributed by atoms with Gasteiger partial charge >= 0.3 is 6.18 Å². The van der Waals surface area contributed by atoms with Gasteiger partial charge in [0, 0.05) is 18.8 Å². The van der Waals surface area contributed by atoms with Gasteiger partial charge < -0.3 is 15.2 Å². The number of aromatic nitrogens is 1. The Kier molecular flexibility index (Phi) is 5.46. The van der Waals surface area contributed by atoms with E-state index in [1.807, 2.05) is 0 Å². The number of aliphatic hydroxyl groups is 1. The van der Waals surface area contributed by atoms with Crippen molar-refractivity contribution in [2.45, 2.75) is 50.4 Å². The molecule has 1 aromatic heterocycles. The molecule has 1 aliphatic carbocycles. The van der Waals surface area contributed by atoms with Crippen LogP contribution in [0.15, 0.2) is 18.3 Å². The average Bonchev–Trinajstić information content (AvgIpc) is 2.89. The molecule has 0 aliphatic heterocycles. The van der Waals surface area contributed by atoms with E-state index in [-0.39, 0.29) is 24.8 Å². The van der Waals surface area contributed by atoms with Crippen molar-refractivity contribution in [1.82, 2.24) is 10.3 Å². The summed E-state index contributed by atoms with van der Waals surface area (Å²) in [5, 5.41) is 12.8. The van der Waals surface area contributed by atoms with Crippen LogP contribution in [0.3, 0.4) is 0 Å². The van der Waals surface area contributed by atoms with E-state index >= 15 is 0 Å². The number of hydrogen-bond donors (Lipinski definition) is 2. The third kappa shape index (κ3) is 6.05. The Balaban J connectivity index is 1.76. The smallest absolute Gasteiger partial charge is 0.422 e. The van der Waals surface area contributed by atoms with E-state index in [1.165, 1.54) is 18.3 Å². The second kappa shape index (κ2) is 7.16. The van der Waals surface area contributed by atoms with E-state index in [9.17, 15) is 23.1 Å². The largest absolute Gasteiger partial charge is 0.468 e. The van der Waals surface area contributed by atoms with E-state index in [0.717, 1.165) is 12.8 Å². The predicted molar refractivity (Wildman–Crippen MR) is 75.7 cm³/mol. The third-order valence-corrected chi connectivity index (χ3v) is 3.69. The zero-order chi connectivity index (χ0) is 16.9. The number of carbonyl (C=O) groups excluding carboxylic acids is 1. The van der Waals surface area contributed by atoms with Crippen LogP contribution in [0.25, 0.3) is 0 Å². The first-order valence-electron chi connectivity index (χ1n) is 7.39. The van der Waals surface area contributed by atoms with Crippen LogP contribution in [-0.2, 0) is 11.3 Å². The number of rotatable bonds is 6. The topological polar surface area (TPSA) is 71.5 Å². The van der Waals surface area contributed by atoms with Crippen molar-refractivity contribution in [1.29, 1.82) is 0 Å². The van der Waals surface area contributed by atoms with E-state index in [1.54, 1.807) is 0 Å². The molecule has 23 heavy (non-hydrogen) atoms. The SMILES string of the molecule is O=C(CC1(O)CCCC1)NCc1ccc(OCC(F)(F)F)nc1. The molecule has 2 N–H and O–H groups in total. The summed E-state index contributed by atoms with van der Waals surface area (Å²) in [6, 6.07) is 2.85. The standard InChI is InChI=1S/C15H19F3N2O3/c16-15(17,18)10-23-13-4-3-11(9-20-13)8-19-12(21)7-14(22)5-1-2-6-14/h3-4,9,22H,1-2,5-8,10H2,(H,19,21). The first-order chi connectivity index (χ1) is 10.8. The Morgan fingerprint density at radius 3 is 2.61 bits per heavy atom. The summed E-state index contributed by atoms with van der Waals surface area (Å²) >= 11 is 0. The molecule has 1 heterocycles. The van der Waals surface area contributed by atoms with E-state index in [4.69, 9.17) is 0 Å². The summed E-state index contributed by atoms with van der Waals surface area (Å²) < 4.78 is 40.5. The van der Waals surface area contributed by atoms with Crippen LogP contribution < -0.4 is 10.1 Å². The fourth-order valence-electron chi connectivity index (χ4n) is 2.53. The van der Waals surface area contributed by atoms with Gasteiger partial charge in [0.15, 0.2) is 6.61 Å². The lowest BCUT2D eigenvalue weighted by molar-refractivity contribution is -0.154. The molecule has 0 unspecified atom stereocenters. The fraction of sp³-hybridized carbons (Fsp3) is 0.600. The van der Waals surface area contributed by atoms with Crippen LogP contribution in [0.1, 0.15) is 37.7 Å². The zero-order valence-electron chi connectivity index (χ0n) is 12.5. The molecule has 1 fully saturated rings. The summed E-state index contributed by atoms with van der Waals surface area (Å²) in [4.78, 5) is 15.6. The van der Waals surface area contributed by atoms with E-state index < -0.39 is 18.4 Å². The molecule has 0 saturated heterocycles. The van der Waals surface area contributed by atoms with Gasteiger partial charge in [0.1, 0.15) is 0 Å². The number of nitrogens with zero attached hydrogens (tertiary/aromatic N) is 1. The van der Waals surface area contributed by atoms with Crippen molar-refractivity contribution in [2.75, 3.05) is 6.61 Å². The Labute approximate surface area is 131 Å². The van der Waals surface area contributed by atoms with Crippen molar-refractivity contribution < 1.29 is 27.8 Å². The van der Waals surface area contributed by atoms with E-state index in [0.29, 0.717) is 18.4 Å². The fourth-order valence-corrected chi connectivity index (χ4v) is 2.53. The summed E-state index contributed by atoms with van der Waals surface area (Å²) in [7, 11) is 0. The van der Waals surface area contributed by atoms with Crippen molar-refractivity contribution >= 4 is 5.91 Å². The van der Waals surface area contributed by atoms with Crippen LogP contribution in [0.2, 0.25) is 0 Å². The van der Waals surface area contributed by atoms with Gasteiger partial charge in [0.25, 0.3) is 0 Å². The molecule has 0 spiro atoms. The molecule has 128 valence electrons. The van der Waals surface area contributed by atoms with Crippen molar-refractivity contribution in [3.63, 3.8) is 0 Å². The monoisotopic (exact) mass is 332 g/mol. The first-order valence-corrected chi connectivity index (χ1v) is 7.39. The van der Waals surface area contributed by atoms with Crippen LogP contribution >= 0.6 is 0 Å². The van der Waals surface area contributed by atoms with Gasteiger partial charge in [-0.15, -0.1) is 0 Å². The molecule has 0 aromatic carbocycles. The number of carbonyl (C=O) groups is 1. The first kappa shape index (κ1) is 17.5. The normalized spacial score (nSPS) is 17.0. The Morgan fingerprint density at radius 2 is 2.04 bits per heavy atom. The minimum absolute atomic E-state index is 0.0627. The minimum Gasteiger partial charge on any atom is -0.468 e. The second-order valence-electron chi connectivity index (χ2n) is 5.79. The van der Waals surface area contributed by atoms with Crippen LogP contribution in [0.4, 0.5) is 13.2 Å². The lowest BCUT2D eigenvalue weighted by atomic mass is 9.98. The zero-order valence-corrected chi connectivity index (χ0v) is 12.5. The highest BCUT2D eigenvalue weighted by Crippen LogP contribution is 2.32. The quantitative estimate of drug-likeness (QED) is 0.839. The van der Waals surface area contributed by atoms with Gasteiger partial charge in [0.2, 0.25) is 11.8 Å². The lowest BCUT2D eigenvalue weighted by Crippen LogP contribution is -2.34. The van der Waals surface area contributed by atoms with Gasteiger partial charge in [-0.05, 0) is 18.4 Å². The molecule has 8 heteroatoms. The van der Waals surface area contributed by atoms with Crippen LogP contribution in [0.5, 0.6) is 5.88 Å². The maximum absolute atomic E-state index is 12.0. The van der Waals surface area contributed by atoms with Crippen molar-refractivity contribution in [3.8, 4) is 5.88 Å². The molecule has 0 bridgehead atoms. The highest BCUT2D eigenvalue weighted by atomic mass is 19.4. The predicted octanol–water partition coefficient (Wildman–Crippen LogP) is 2.33. The Bertz CT molecular complexity index is 526. The molecule has 1 amide bonds. The summed E-state index contributed by atoms with van der Waals surface area (Å²) in [5.41, 5.74) is -0.270. The van der Waals surface area contributed by atoms with E-state index in [2.05, 4.69) is 15.0 Å². The average molecular weight is 332 g/mol. The number of nitrogens with one attached hydrogen (secondary N) is 1. The van der Waals surface area contributed by atoms with Crippen LogP contribution in [-0.4, -0.2) is 34.4 Å². The molecule has 1 aromatic rings. The summed E-state index contributed by atoms with van der Waals surface area (Å²) in [6.45, 7) is -1.20. The maximum atomic E-state index is 12.0. The second-order valence-corrected chi connectivity index (χ2v) is 5.79. The number of pyridine rings is 1. The molecular formula is C15H19F3N2O3. The number of amides is 1. The van der Waals surface area contributed by atoms with Crippen molar-refractivity contribution in [2.24, 2.45) is 0 Å². The third-order valence-electron chi connectivity index (χ3n) is 3.69. The highest BCUT2D eigenvalue weighted by molar-refractivity contribution is 5.77. The molecular weight excluding hydrogens is 313 g/mol. The molecule has 1 saturated carbocycles. The number of halogens is 3.